The molecule has 0 aliphatic heterocycles. The first-order valence-corrected chi connectivity index (χ1v) is 8.14. The second-order valence-corrected chi connectivity index (χ2v) is 5.46. The molecule has 1 aromatic heterocycles. The second kappa shape index (κ2) is 10.4. The number of nitrogens with zero attached hydrogens (tertiary/aromatic N) is 3. The molecular formula is C16H29N3O4. The van der Waals surface area contributed by atoms with E-state index in [0.29, 0.717) is 26.2 Å². The molecular weight excluding hydrogens is 298 g/mol. The third-order valence-corrected chi connectivity index (χ3v) is 3.97. The van der Waals surface area contributed by atoms with Gasteiger partial charge < -0.3 is 24.8 Å². The number of aromatic hydroxyl groups is 1. The van der Waals surface area contributed by atoms with Gasteiger partial charge >= 0.3 is 0 Å². The molecule has 0 fully saturated rings. The Morgan fingerprint density at radius 1 is 1.04 bits per heavy atom. The standard InChI is InChI=1S/C16H29N3O4/c1-3-17(4-2)5-6-19-13-16(23)15(22)11-14(19)12-18(7-9-20)8-10-21/h11,13,20-21,23H,3-10,12H2,1-2H3. The van der Waals surface area contributed by atoms with Crippen LogP contribution in [0.4, 0.5) is 0 Å². The fourth-order valence-corrected chi connectivity index (χ4v) is 2.52. The fourth-order valence-electron chi connectivity index (χ4n) is 2.52. The average Bonchev–Trinajstić information content (AvgIpc) is 2.53. The third-order valence-electron chi connectivity index (χ3n) is 3.97. The van der Waals surface area contributed by atoms with E-state index in [9.17, 15) is 9.90 Å². The van der Waals surface area contributed by atoms with Crippen molar-refractivity contribution in [3.8, 4) is 5.75 Å². The molecule has 3 N–H and O–H groups in total. The van der Waals surface area contributed by atoms with Gasteiger partial charge in [0, 0.05) is 44.5 Å². The molecule has 7 nitrogen and oxygen atoms in total. The summed E-state index contributed by atoms with van der Waals surface area (Å²) in [6, 6.07) is 1.43. The van der Waals surface area contributed by atoms with Crippen LogP contribution in [-0.4, -0.2) is 75.6 Å². The summed E-state index contributed by atoms with van der Waals surface area (Å²) in [5.74, 6) is -0.260. The van der Waals surface area contributed by atoms with Gasteiger partial charge in [0.15, 0.2) is 5.75 Å². The first-order valence-electron chi connectivity index (χ1n) is 8.14. The van der Waals surface area contributed by atoms with Gasteiger partial charge in [0.1, 0.15) is 0 Å². The molecule has 0 saturated carbocycles. The van der Waals surface area contributed by atoms with Crippen molar-refractivity contribution in [1.82, 2.24) is 14.4 Å². The van der Waals surface area contributed by atoms with Crippen molar-refractivity contribution in [2.45, 2.75) is 26.9 Å². The molecule has 0 spiro atoms. The first kappa shape index (κ1) is 19.6. The zero-order valence-electron chi connectivity index (χ0n) is 14.1. The van der Waals surface area contributed by atoms with Crippen molar-refractivity contribution in [2.24, 2.45) is 0 Å². The lowest BCUT2D eigenvalue weighted by Gasteiger charge is -2.24. The van der Waals surface area contributed by atoms with Crippen LogP contribution in [0, 0.1) is 0 Å². The summed E-state index contributed by atoms with van der Waals surface area (Å²) in [5, 5.41) is 27.9. The van der Waals surface area contributed by atoms with Crippen LogP contribution in [0.5, 0.6) is 5.75 Å². The van der Waals surface area contributed by atoms with E-state index in [-0.39, 0.29) is 19.0 Å². The van der Waals surface area contributed by atoms with Gasteiger partial charge in [0.25, 0.3) is 0 Å². The number of pyridine rings is 1. The molecule has 0 aromatic carbocycles. The summed E-state index contributed by atoms with van der Waals surface area (Å²) in [7, 11) is 0. The summed E-state index contributed by atoms with van der Waals surface area (Å²) in [4.78, 5) is 15.9. The van der Waals surface area contributed by atoms with Gasteiger partial charge in [-0.2, -0.15) is 0 Å². The Morgan fingerprint density at radius 3 is 2.17 bits per heavy atom. The van der Waals surface area contributed by atoms with Gasteiger partial charge in [-0.3, -0.25) is 9.69 Å². The smallest absolute Gasteiger partial charge is 0.223 e. The van der Waals surface area contributed by atoms with Crippen molar-refractivity contribution in [2.75, 3.05) is 45.9 Å². The highest BCUT2D eigenvalue weighted by Gasteiger charge is 2.11. The van der Waals surface area contributed by atoms with Gasteiger partial charge in [-0.25, -0.2) is 0 Å². The number of aromatic nitrogens is 1. The molecule has 23 heavy (non-hydrogen) atoms. The minimum absolute atomic E-state index is 0.0121. The Labute approximate surface area is 137 Å². The summed E-state index contributed by atoms with van der Waals surface area (Å²) >= 11 is 0. The third kappa shape index (κ3) is 6.31. The molecule has 0 saturated heterocycles. The molecule has 0 atom stereocenters. The zero-order chi connectivity index (χ0) is 17.2. The maximum atomic E-state index is 11.7. The highest BCUT2D eigenvalue weighted by molar-refractivity contribution is 5.20. The minimum atomic E-state index is -0.410. The molecule has 0 bridgehead atoms. The Bertz CT molecular complexity index is 509. The van der Waals surface area contributed by atoms with E-state index in [1.807, 2.05) is 9.47 Å². The van der Waals surface area contributed by atoms with E-state index < -0.39 is 5.43 Å². The number of aliphatic hydroxyl groups is 2. The van der Waals surface area contributed by atoms with Gasteiger partial charge in [-0.15, -0.1) is 0 Å². The lowest BCUT2D eigenvalue weighted by Crippen LogP contribution is -2.32. The molecule has 0 aliphatic rings. The predicted octanol–water partition coefficient (Wildman–Crippen LogP) is -0.318. The van der Waals surface area contributed by atoms with Gasteiger partial charge in [0.05, 0.1) is 19.4 Å². The summed E-state index contributed by atoms with van der Waals surface area (Å²) in [6.45, 7) is 8.82. The van der Waals surface area contributed by atoms with Crippen LogP contribution in [-0.2, 0) is 13.1 Å². The van der Waals surface area contributed by atoms with Gasteiger partial charge in [-0.05, 0) is 13.1 Å². The van der Waals surface area contributed by atoms with Gasteiger partial charge in [-0.1, -0.05) is 13.8 Å². The van der Waals surface area contributed by atoms with Crippen molar-refractivity contribution >= 4 is 0 Å². The highest BCUT2D eigenvalue weighted by Crippen LogP contribution is 2.09. The Balaban J connectivity index is 2.94. The van der Waals surface area contributed by atoms with E-state index in [1.165, 1.54) is 12.3 Å². The molecule has 0 unspecified atom stereocenters. The zero-order valence-corrected chi connectivity index (χ0v) is 14.1. The van der Waals surface area contributed by atoms with E-state index in [2.05, 4.69) is 18.7 Å². The number of hydrogen-bond donors (Lipinski definition) is 3. The number of hydrogen-bond acceptors (Lipinski definition) is 6. The summed E-state index contributed by atoms with van der Waals surface area (Å²) < 4.78 is 1.87. The van der Waals surface area contributed by atoms with Crippen molar-refractivity contribution in [1.29, 1.82) is 0 Å². The van der Waals surface area contributed by atoms with E-state index in [1.54, 1.807) is 0 Å². The van der Waals surface area contributed by atoms with Crippen LogP contribution in [0.3, 0.4) is 0 Å². The SMILES string of the molecule is CCN(CC)CCn1cc(O)c(=O)cc1CN(CCO)CCO. The number of aliphatic hydroxyl groups excluding tert-OH is 2. The molecule has 132 valence electrons. The largest absolute Gasteiger partial charge is 0.503 e. The van der Waals surface area contributed by atoms with E-state index >= 15 is 0 Å². The van der Waals surface area contributed by atoms with Crippen LogP contribution in [0.15, 0.2) is 17.1 Å². The first-order chi connectivity index (χ1) is 11.0. The molecule has 0 aliphatic carbocycles. The van der Waals surface area contributed by atoms with Crippen LogP contribution in [0.2, 0.25) is 0 Å². The molecule has 1 heterocycles. The molecule has 1 rings (SSSR count). The fraction of sp³-hybridized carbons (Fsp3) is 0.688. The number of rotatable bonds is 11. The lowest BCUT2D eigenvalue weighted by molar-refractivity contribution is 0.152. The Kier molecular flexibility index (Phi) is 8.86. The maximum absolute atomic E-state index is 11.7. The monoisotopic (exact) mass is 327 g/mol. The van der Waals surface area contributed by atoms with Crippen molar-refractivity contribution < 1.29 is 15.3 Å². The lowest BCUT2D eigenvalue weighted by atomic mass is 10.2. The summed E-state index contributed by atoms with van der Waals surface area (Å²) in [6.07, 6.45) is 1.47. The summed E-state index contributed by atoms with van der Waals surface area (Å²) in [5.41, 5.74) is 0.355. The van der Waals surface area contributed by atoms with Gasteiger partial charge in [0.2, 0.25) is 5.43 Å². The quantitative estimate of drug-likeness (QED) is 0.516. The molecule has 7 heteroatoms. The van der Waals surface area contributed by atoms with Crippen LogP contribution in [0.1, 0.15) is 19.5 Å². The Hall–Kier alpha value is -1.41. The minimum Gasteiger partial charge on any atom is -0.503 e. The van der Waals surface area contributed by atoms with Crippen molar-refractivity contribution in [3.63, 3.8) is 0 Å². The Morgan fingerprint density at radius 2 is 1.65 bits per heavy atom. The number of likely N-dealkylation sites (N-methyl/N-ethyl adjacent to an activating group) is 1. The highest BCUT2D eigenvalue weighted by atomic mass is 16.3. The topological polar surface area (TPSA) is 89.2 Å². The normalized spacial score (nSPS) is 11.6. The second-order valence-electron chi connectivity index (χ2n) is 5.46. The van der Waals surface area contributed by atoms with Crippen LogP contribution < -0.4 is 5.43 Å². The average molecular weight is 327 g/mol. The molecule has 0 amide bonds. The predicted molar refractivity (Wildman–Crippen MR) is 89.6 cm³/mol. The van der Waals surface area contributed by atoms with Crippen LogP contribution >= 0.6 is 0 Å². The van der Waals surface area contributed by atoms with Crippen molar-refractivity contribution in [3.05, 3.63) is 28.2 Å². The molecule has 0 radical (unpaired) electrons. The van der Waals surface area contributed by atoms with E-state index in [4.69, 9.17) is 10.2 Å². The van der Waals surface area contributed by atoms with Crippen LogP contribution in [0.25, 0.3) is 0 Å². The molecule has 1 aromatic rings. The van der Waals surface area contributed by atoms with E-state index in [0.717, 1.165) is 25.3 Å². The maximum Gasteiger partial charge on any atom is 0.223 e.